The minimum absolute atomic E-state index is 0.936. The van der Waals surface area contributed by atoms with Gasteiger partial charge in [0.25, 0.3) is 0 Å². The molecule has 1 aliphatic carbocycles. The average Bonchev–Trinajstić information content (AvgIpc) is 1.77. The van der Waals surface area contributed by atoms with Gasteiger partial charge in [-0.25, -0.2) is 0 Å². The lowest BCUT2D eigenvalue weighted by atomic mass is 10.1. The Morgan fingerprint density at radius 2 is 2.38 bits per heavy atom. The van der Waals surface area contributed by atoms with Gasteiger partial charge in [0, 0.05) is 0 Å². The highest BCUT2D eigenvalue weighted by Gasteiger charge is 1.92. The highest BCUT2D eigenvalue weighted by atomic mass is 14.0. The third kappa shape index (κ3) is 1.09. The van der Waals surface area contributed by atoms with Gasteiger partial charge in [-0.2, -0.15) is 0 Å². The Kier molecular flexibility index (Phi) is 1.34. The van der Waals surface area contributed by atoms with E-state index in [1.54, 1.807) is 0 Å². The molecule has 0 unspecified atom stereocenters. The zero-order chi connectivity index (χ0) is 5.98. The second kappa shape index (κ2) is 1.99. The van der Waals surface area contributed by atoms with Crippen LogP contribution >= 0.6 is 0 Å². The minimum atomic E-state index is 0.936. The van der Waals surface area contributed by atoms with Crippen LogP contribution in [0.4, 0.5) is 0 Å². The highest BCUT2D eigenvalue weighted by Crippen LogP contribution is 2.10. The maximum Gasteiger partial charge on any atom is -0.00971 e. The van der Waals surface area contributed by atoms with E-state index in [1.165, 1.54) is 0 Å². The van der Waals surface area contributed by atoms with Crippen LogP contribution in [0, 0.1) is 13.0 Å². The van der Waals surface area contributed by atoms with E-state index in [0.29, 0.717) is 0 Å². The Balaban J connectivity index is 2.71. The van der Waals surface area contributed by atoms with Crippen LogP contribution in [0.25, 0.3) is 0 Å². The van der Waals surface area contributed by atoms with Crippen molar-refractivity contribution in [2.24, 2.45) is 0 Å². The molecule has 0 N–H and O–H groups in total. The molecule has 0 atom stereocenters. The summed E-state index contributed by atoms with van der Waals surface area (Å²) < 4.78 is 0. The molecule has 0 saturated heterocycles. The summed E-state index contributed by atoms with van der Waals surface area (Å²) in [5, 5.41) is 0. The quantitative estimate of drug-likeness (QED) is 0.441. The first-order chi connectivity index (χ1) is 3.79. The summed E-state index contributed by atoms with van der Waals surface area (Å²) in [4.78, 5) is 0. The van der Waals surface area contributed by atoms with Crippen LogP contribution < -0.4 is 0 Å². The summed E-state index contributed by atoms with van der Waals surface area (Å²) in [6.45, 7) is 7.47. The van der Waals surface area contributed by atoms with Gasteiger partial charge in [-0.05, 0) is 25.0 Å². The first-order valence-corrected chi connectivity index (χ1v) is 2.58. The topological polar surface area (TPSA) is 0 Å². The van der Waals surface area contributed by atoms with E-state index in [-0.39, 0.29) is 0 Å². The normalized spacial score (nSPS) is 18.6. The zero-order valence-corrected chi connectivity index (χ0v) is 4.78. The second-order valence-corrected chi connectivity index (χ2v) is 1.88. The van der Waals surface area contributed by atoms with Gasteiger partial charge in [0.05, 0.1) is 0 Å². The molecule has 0 amide bonds. The second-order valence-electron chi connectivity index (χ2n) is 1.88. The van der Waals surface area contributed by atoms with E-state index in [1.807, 2.05) is 12.2 Å². The smallest absolute Gasteiger partial charge is 0.00971 e. The fraction of sp³-hybridized carbons (Fsp3) is 0.125. The highest BCUT2D eigenvalue weighted by molar-refractivity contribution is 5.30. The Morgan fingerprint density at radius 3 is 2.75 bits per heavy atom. The maximum absolute atomic E-state index is 3.76. The third-order valence-electron chi connectivity index (χ3n) is 1.07. The lowest BCUT2D eigenvalue weighted by Crippen LogP contribution is -1.81. The molecule has 40 valence electrons. The molecule has 0 saturated carbocycles. The van der Waals surface area contributed by atoms with Crippen LogP contribution in [0.2, 0.25) is 0 Å². The van der Waals surface area contributed by atoms with Crippen LogP contribution in [0.3, 0.4) is 0 Å². The minimum Gasteiger partial charge on any atom is -0.0955 e. The van der Waals surface area contributed by atoms with E-state index in [4.69, 9.17) is 0 Å². The van der Waals surface area contributed by atoms with Gasteiger partial charge in [0.1, 0.15) is 0 Å². The molecule has 0 heteroatoms. The Bertz CT molecular complexity index is 156. The summed E-state index contributed by atoms with van der Waals surface area (Å²) >= 11 is 0. The first-order valence-electron chi connectivity index (χ1n) is 2.58. The van der Waals surface area contributed by atoms with Crippen molar-refractivity contribution in [1.29, 1.82) is 0 Å². The molecule has 2 radical (unpaired) electrons. The van der Waals surface area contributed by atoms with E-state index in [0.717, 1.165) is 17.6 Å². The Hall–Kier alpha value is -0.780. The Labute approximate surface area is 50.2 Å². The standard InChI is InChI=1S/C8H8/c1-7-3-5-8(2)6-4-7/h3,6H,1-2,4H2. The molecule has 0 fully saturated rings. The summed E-state index contributed by atoms with van der Waals surface area (Å²) in [6, 6.07) is 0. The number of hydrogen-bond acceptors (Lipinski definition) is 0. The van der Waals surface area contributed by atoms with Crippen LogP contribution in [0.1, 0.15) is 6.42 Å². The van der Waals surface area contributed by atoms with Gasteiger partial charge in [0.2, 0.25) is 0 Å². The summed E-state index contributed by atoms with van der Waals surface area (Å²) in [7, 11) is 0. The lowest BCUT2D eigenvalue weighted by molar-refractivity contribution is 1.24. The molecule has 1 aliphatic rings. The van der Waals surface area contributed by atoms with Gasteiger partial charge in [0.15, 0.2) is 0 Å². The Morgan fingerprint density at radius 1 is 1.62 bits per heavy atom. The summed E-state index contributed by atoms with van der Waals surface area (Å²) in [5.74, 6) is 0. The van der Waals surface area contributed by atoms with Crippen molar-refractivity contribution in [3.63, 3.8) is 0 Å². The largest absolute Gasteiger partial charge is 0.0955 e. The summed E-state index contributed by atoms with van der Waals surface area (Å²) in [6.07, 6.45) is 7.79. The third-order valence-corrected chi connectivity index (χ3v) is 1.07. The number of hydrogen-bond donors (Lipinski definition) is 0. The van der Waals surface area contributed by atoms with Crippen molar-refractivity contribution >= 4 is 0 Å². The number of rotatable bonds is 0. The van der Waals surface area contributed by atoms with Crippen molar-refractivity contribution in [2.45, 2.75) is 6.42 Å². The van der Waals surface area contributed by atoms with Crippen LogP contribution in [-0.2, 0) is 0 Å². The van der Waals surface area contributed by atoms with E-state index in [2.05, 4.69) is 19.6 Å². The SMILES string of the molecule is [CH2]C1=CCC(=C)C=[C]1. The molecule has 0 aromatic carbocycles. The molecular formula is C8H8. The maximum atomic E-state index is 3.76. The molecule has 8 heavy (non-hydrogen) atoms. The van der Waals surface area contributed by atoms with E-state index in [9.17, 15) is 0 Å². The van der Waals surface area contributed by atoms with Crippen LogP contribution in [0.15, 0.2) is 29.9 Å². The predicted molar refractivity (Wildman–Crippen MR) is 35.0 cm³/mol. The van der Waals surface area contributed by atoms with Crippen molar-refractivity contribution in [3.8, 4) is 0 Å². The van der Waals surface area contributed by atoms with Crippen molar-refractivity contribution in [1.82, 2.24) is 0 Å². The van der Waals surface area contributed by atoms with Gasteiger partial charge < -0.3 is 0 Å². The van der Waals surface area contributed by atoms with Crippen molar-refractivity contribution in [3.05, 3.63) is 42.9 Å². The summed E-state index contributed by atoms with van der Waals surface area (Å²) in [5.41, 5.74) is 2.08. The molecule has 1 rings (SSSR count). The van der Waals surface area contributed by atoms with E-state index < -0.39 is 0 Å². The van der Waals surface area contributed by atoms with Gasteiger partial charge in [-0.1, -0.05) is 24.3 Å². The molecule has 0 aromatic heterocycles. The van der Waals surface area contributed by atoms with Gasteiger partial charge >= 0.3 is 0 Å². The molecule has 0 nitrogen and oxygen atoms in total. The molecule has 0 spiro atoms. The lowest BCUT2D eigenvalue weighted by Gasteiger charge is -2.00. The monoisotopic (exact) mass is 104 g/mol. The fourth-order valence-electron chi connectivity index (χ4n) is 0.567. The average molecular weight is 104 g/mol. The predicted octanol–water partition coefficient (Wildman–Crippen LogP) is 2.07. The van der Waals surface area contributed by atoms with Gasteiger partial charge in [-0.3, -0.25) is 0 Å². The van der Waals surface area contributed by atoms with Crippen molar-refractivity contribution in [2.75, 3.05) is 0 Å². The van der Waals surface area contributed by atoms with Crippen LogP contribution in [-0.4, -0.2) is 0 Å². The molecule has 0 aliphatic heterocycles. The molecular weight excluding hydrogens is 96.1 g/mol. The zero-order valence-electron chi connectivity index (χ0n) is 4.78. The van der Waals surface area contributed by atoms with Crippen LogP contribution in [0.5, 0.6) is 0 Å². The van der Waals surface area contributed by atoms with Gasteiger partial charge in [-0.15, -0.1) is 0 Å². The van der Waals surface area contributed by atoms with E-state index >= 15 is 0 Å². The fourth-order valence-corrected chi connectivity index (χ4v) is 0.567. The molecule has 0 heterocycles. The molecule has 0 bridgehead atoms. The van der Waals surface area contributed by atoms with Crippen molar-refractivity contribution < 1.29 is 0 Å². The first kappa shape index (κ1) is 5.36. The molecule has 0 aromatic rings. The number of allylic oxidation sites excluding steroid dienone is 5.